The average Bonchev–Trinajstić information content (AvgIpc) is 2.89. The summed E-state index contributed by atoms with van der Waals surface area (Å²) in [5.41, 5.74) is 8.44. The Labute approximate surface area is 217 Å². The third-order valence-corrected chi connectivity index (χ3v) is 7.32. The van der Waals surface area contributed by atoms with Crippen LogP contribution >= 0.6 is 11.6 Å². The van der Waals surface area contributed by atoms with E-state index in [0.29, 0.717) is 41.1 Å². The maximum absolute atomic E-state index is 12.8. The third kappa shape index (κ3) is 6.49. The monoisotopic (exact) mass is 514 g/mol. The summed E-state index contributed by atoms with van der Waals surface area (Å²) in [6.07, 6.45) is 1.89. The van der Waals surface area contributed by atoms with Crippen LogP contribution in [0.4, 0.5) is 5.69 Å². The summed E-state index contributed by atoms with van der Waals surface area (Å²) in [7, 11) is 1.49. The number of likely N-dealkylation sites (tertiary alicyclic amines) is 1. The van der Waals surface area contributed by atoms with Gasteiger partial charge >= 0.3 is 0 Å². The highest BCUT2D eigenvalue weighted by Crippen LogP contribution is 2.29. The zero-order valence-electron chi connectivity index (χ0n) is 21.0. The van der Waals surface area contributed by atoms with Gasteiger partial charge in [-0.3, -0.25) is 14.5 Å². The lowest BCUT2D eigenvalue weighted by molar-refractivity contribution is -0.0332. The van der Waals surface area contributed by atoms with Crippen LogP contribution in [-0.4, -0.2) is 80.7 Å². The van der Waals surface area contributed by atoms with E-state index in [4.69, 9.17) is 26.8 Å². The van der Waals surface area contributed by atoms with Gasteiger partial charge in [0.1, 0.15) is 5.75 Å². The Balaban J connectivity index is 1.23. The molecule has 2 aliphatic heterocycles. The van der Waals surface area contributed by atoms with Gasteiger partial charge in [0.2, 0.25) is 0 Å². The molecular formula is C27H35ClN4O4. The maximum Gasteiger partial charge on any atom is 0.255 e. The van der Waals surface area contributed by atoms with Gasteiger partial charge in [-0.15, -0.1) is 0 Å². The Bertz CT molecular complexity index is 1070. The number of amides is 2. The van der Waals surface area contributed by atoms with Crippen molar-refractivity contribution < 1.29 is 19.1 Å². The molecule has 1 atom stereocenters. The minimum absolute atomic E-state index is 0.0962. The van der Waals surface area contributed by atoms with Crippen molar-refractivity contribution in [3.05, 3.63) is 58.1 Å². The molecule has 8 nitrogen and oxygen atoms in total. The van der Waals surface area contributed by atoms with Gasteiger partial charge in [-0.05, 0) is 43.9 Å². The predicted octanol–water partition coefficient (Wildman–Crippen LogP) is 3.22. The molecule has 9 heteroatoms. The van der Waals surface area contributed by atoms with Gasteiger partial charge in [0.25, 0.3) is 11.8 Å². The van der Waals surface area contributed by atoms with Crippen LogP contribution < -0.4 is 15.8 Å². The molecule has 2 aromatic rings. The second-order valence-electron chi connectivity index (χ2n) is 9.64. The first-order chi connectivity index (χ1) is 17.3. The number of nitrogen functional groups attached to an aromatic ring is 1. The lowest BCUT2D eigenvalue weighted by Crippen LogP contribution is -2.50. The van der Waals surface area contributed by atoms with E-state index >= 15 is 0 Å². The summed E-state index contributed by atoms with van der Waals surface area (Å²) in [5, 5.41) is 3.25. The number of rotatable bonds is 7. The second kappa shape index (κ2) is 12.0. The number of benzene rings is 2. The van der Waals surface area contributed by atoms with Gasteiger partial charge in [-0.2, -0.15) is 0 Å². The fraction of sp³-hybridized carbons (Fsp3) is 0.481. The molecule has 1 unspecified atom stereocenters. The predicted molar refractivity (Wildman–Crippen MR) is 141 cm³/mol. The number of morpholine rings is 1. The van der Waals surface area contributed by atoms with E-state index in [9.17, 15) is 9.59 Å². The summed E-state index contributed by atoms with van der Waals surface area (Å²) in [6.45, 7) is 7.21. The van der Waals surface area contributed by atoms with Crippen molar-refractivity contribution in [2.24, 2.45) is 5.92 Å². The van der Waals surface area contributed by atoms with Gasteiger partial charge in [0, 0.05) is 50.9 Å². The molecule has 0 radical (unpaired) electrons. The third-order valence-electron chi connectivity index (χ3n) is 6.99. The summed E-state index contributed by atoms with van der Waals surface area (Å²) in [6, 6.07) is 10.9. The second-order valence-corrected chi connectivity index (χ2v) is 10.0. The molecule has 4 rings (SSSR count). The van der Waals surface area contributed by atoms with Gasteiger partial charge in [-0.25, -0.2) is 0 Å². The molecule has 0 saturated carbocycles. The van der Waals surface area contributed by atoms with E-state index < -0.39 is 0 Å². The van der Waals surface area contributed by atoms with Crippen molar-refractivity contribution in [1.29, 1.82) is 0 Å². The molecule has 2 amide bonds. The molecule has 0 aliphatic carbocycles. The van der Waals surface area contributed by atoms with Gasteiger partial charge in [-0.1, -0.05) is 29.3 Å². The van der Waals surface area contributed by atoms with Crippen molar-refractivity contribution in [1.82, 2.24) is 15.1 Å². The number of hydrogen-bond acceptors (Lipinski definition) is 6. The first kappa shape index (κ1) is 26.3. The fourth-order valence-electron chi connectivity index (χ4n) is 4.85. The number of piperidine rings is 1. The minimum Gasteiger partial charge on any atom is -0.496 e. The number of carbonyl (C=O) groups is 2. The quantitative estimate of drug-likeness (QED) is 0.551. The van der Waals surface area contributed by atoms with E-state index in [-0.39, 0.29) is 17.9 Å². The fourth-order valence-corrected chi connectivity index (χ4v) is 5.01. The molecule has 2 aliphatic rings. The number of methoxy groups -OCH3 is 1. The maximum atomic E-state index is 12.8. The lowest BCUT2D eigenvalue weighted by atomic mass is 9.95. The molecule has 3 N–H and O–H groups in total. The van der Waals surface area contributed by atoms with Crippen LogP contribution in [-0.2, 0) is 4.74 Å². The highest BCUT2D eigenvalue weighted by molar-refractivity contribution is 6.33. The molecule has 2 heterocycles. The Hall–Kier alpha value is -2.81. The number of carbonyl (C=O) groups excluding carboxylic acids is 2. The van der Waals surface area contributed by atoms with Gasteiger partial charge in [0.05, 0.1) is 36.1 Å². The number of ether oxygens (including phenoxy) is 2. The minimum atomic E-state index is -0.278. The van der Waals surface area contributed by atoms with Crippen molar-refractivity contribution in [2.45, 2.75) is 25.9 Å². The van der Waals surface area contributed by atoms with Crippen LogP contribution in [0.2, 0.25) is 5.02 Å². The van der Waals surface area contributed by atoms with Gasteiger partial charge in [0.15, 0.2) is 0 Å². The highest BCUT2D eigenvalue weighted by atomic mass is 35.5. The molecule has 0 bridgehead atoms. The standard InChI is InChI=1S/C27H35ClN4O4/c1-18-3-5-20(6-4-18)27(34)32-9-7-19(8-10-32)16-31-11-12-36-21(17-31)15-30-26(33)22-13-23(28)24(29)14-25(22)35-2/h3-6,13-14,19,21H,7-12,15-17,29H2,1-2H3,(H,30,33). The molecule has 0 spiro atoms. The molecule has 2 aromatic carbocycles. The molecule has 2 fully saturated rings. The van der Waals surface area contributed by atoms with Gasteiger partial charge < -0.3 is 25.4 Å². The topological polar surface area (TPSA) is 97.1 Å². The number of nitrogens with zero attached hydrogens (tertiary/aromatic N) is 2. The zero-order chi connectivity index (χ0) is 25.7. The van der Waals surface area contributed by atoms with Crippen molar-refractivity contribution in [2.75, 3.05) is 58.7 Å². The lowest BCUT2D eigenvalue weighted by Gasteiger charge is -2.38. The summed E-state index contributed by atoms with van der Waals surface area (Å²) in [5.74, 6) is 0.768. The van der Waals surface area contributed by atoms with Crippen LogP contribution in [0.25, 0.3) is 0 Å². The zero-order valence-corrected chi connectivity index (χ0v) is 21.7. The van der Waals surface area contributed by atoms with Crippen LogP contribution in [0, 0.1) is 12.8 Å². The van der Waals surface area contributed by atoms with Crippen LogP contribution in [0.1, 0.15) is 39.1 Å². The average molecular weight is 515 g/mol. The van der Waals surface area contributed by atoms with E-state index in [1.807, 2.05) is 36.1 Å². The van der Waals surface area contributed by atoms with Crippen molar-refractivity contribution in [3.63, 3.8) is 0 Å². The normalized spacial score (nSPS) is 19.2. The van der Waals surface area contributed by atoms with Crippen molar-refractivity contribution in [3.8, 4) is 5.75 Å². The Morgan fingerprint density at radius 1 is 1.17 bits per heavy atom. The van der Waals surface area contributed by atoms with E-state index in [1.165, 1.54) is 13.2 Å². The summed E-state index contributed by atoms with van der Waals surface area (Å²) >= 11 is 6.10. The Morgan fingerprint density at radius 3 is 2.58 bits per heavy atom. The Morgan fingerprint density at radius 2 is 1.89 bits per heavy atom. The number of aryl methyl sites for hydroxylation is 1. The highest BCUT2D eigenvalue weighted by Gasteiger charge is 2.28. The molecular weight excluding hydrogens is 480 g/mol. The summed E-state index contributed by atoms with van der Waals surface area (Å²) in [4.78, 5) is 29.9. The first-order valence-corrected chi connectivity index (χ1v) is 12.8. The molecule has 36 heavy (non-hydrogen) atoms. The largest absolute Gasteiger partial charge is 0.496 e. The summed E-state index contributed by atoms with van der Waals surface area (Å²) < 4.78 is 11.2. The smallest absolute Gasteiger partial charge is 0.255 e. The first-order valence-electron chi connectivity index (χ1n) is 12.4. The van der Waals surface area contributed by atoms with Crippen LogP contribution in [0.15, 0.2) is 36.4 Å². The number of hydrogen-bond donors (Lipinski definition) is 2. The van der Waals surface area contributed by atoms with E-state index in [1.54, 1.807) is 6.07 Å². The number of nitrogens with two attached hydrogens (primary N) is 1. The molecule has 2 saturated heterocycles. The SMILES string of the molecule is COc1cc(N)c(Cl)cc1C(=O)NCC1CN(CC2CCN(C(=O)c3ccc(C)cc3)CC2)CCO1. The Kier molecular flexibility index (Phi) is 8.72. The van der Waals surface area contributed by atoms with Crippen LogP contribution in [0.3, 0.4) is 0 Å². The van der Waals surface area contributed by atoms with E-state index in [0.717, 1.165) is 56.7 Å². The molecule has 0 aromatic heterocycles. The number of anilines is 1. The number of nitrogens with one attached hydrogen (secondary N) is 1. The van der Waals surface area contributed by atoms with Crippen LogP contribution in [0.5, 0.6) is 5.75 Å². The van der Waals surface area contributed by atoms with E-state index in [2.05, 4.69) is 10.2 Å². The van der Waals surface area contributed by atoms with Crippen molar-refractivity contribution >= 4 is 29.1 Å². The number of halogens is 1. The molecule has 194 valence electrons.